The molecule has 16 heavy (non-hydrogen) atoms. The third-order valence-corrected chi connectivity index (χ3v) is 3.80. The molecule has 1 aromatic heterocycles. The smallest absolute Gasteiger partial charge is 0.111 e. The van der Waals surface area contributed by atoms with Crippen molar-refractivity contribution in [2.24, 2.45) is 0 Å². The molecule has 1 aromatic carbocycles. The lowest BCUT2D eigenvalue weighted by molar-refractivity contribution is 0.518. The Morgan fingerprint density at radius 1 is 1.00 bits per heavy atom. The molecule has 0 fully saturated rings. The molecule has 0 unspecified atom stereocenters. The van der Waals surface area contributed by atoms with E-state index in [9.17, 15) is 0 Å². The highest BCUT2D eigenvalue weighted by Crippen LogP contribution is 2.28. The summed E-state index contributed by atoms with van der Waals surface area (Å²) in [4.78, 5) is 0. The normalized spacial score (nSPS) is 14.1. The predicted molar refractivity (Wildman–Crippen MR) is 64.8 cm³/mol. The van der Waals surface area contributed by atoms with Gasteiger partial charge in [-0.15, -0.1) is 0 Å². The van der Waals surface area contributed by atoms with E-state index in [1.54, 1.807) is 0 Å². The Morgan fingerprint density at radius 2 is 1.88 bits per heavy atom. The molecular formula is C15H16O. The molecule has 1 heterocycles. The summed E-state index contributed by atoms with van der Waals surface area (Å²) in [6.45, 7) is 4.43. The van der Waals surface area contributed by atoms with Gasteiger partial charge in [-0.3, -0.25) is 0 Å². The Bertz CT molecular complexity index is 534. The number of furan rings is 1. The predicted octanol–water partition coefficient (Wildman–Crippen LogP) is 3.59. The summed E-state index contributed by atoms with van der Waals surface area (Å²) in [6.07, 6.45) is 5.04. The molecule has 0 N–H and O–H groups in total. The van der Waals surface area contributed by atoms with E-state index < -0.39 is 0 Å². The maximum atomic E-state index is 5.56. The van der Waals surface area contributed by atoms with Gasteiger partial charge in [0.2, 0.25) is 0 Å². The number of rotatable bonds is 0. The van der Waals surface area contributed by atoms with E-state index in [1.165, 1.54) is 27.8 Å². The molecule has 0 amide bonds. The minimum atomic E-state index is 0.957. The summed E-state index contributed by atoms with van der Waals surface area (Å²) in [6, 6.07) is 6.60. The number of benzene rings is 1. The SMILES string of the molecule is Cc1ccc2c(c1C)CCc1ccoc1C2. The first kappa shape index (κ1) is 9.71. The van der Waals surface area contributed by atoms with Gasteiger partial charge in [-0.1, -0.05) is 12.1 Å². The molecule has 1 aliphatic carbocycles. The van der Waals surface area contributed by atoms with Crippen molar-refractivity contribution in [2.75, 3.05) is 0 Å². The van der Waals surface area contributed by atoms with E-state index in [1.807, 2.05) is 6.26 Å². The summed E-state index contributed by atoms with van der Waals surface area (Å²) in [5.41, 5.74) is 7.22. The van der Waals surface area contributed by atoms with Gasteiger partial charge in [0, 0.05) is 6.42 Å². The maximum Gasteiger partial charge on any atom is 0.111 e. The van der Waals surface area contributed by atoms with Gasteiger partial charge in [0.05, 0.1) is 6.26 Å². The molecule has 0 atom stereocenters. The van der Waals surface area contributed by atoms with Crippen LogP contribution < -0.4 is 0 Å². The van der Waals surface area contributed by atoms with Crippen molar-refractivity contribution in [1.29, 1.82) is 0 Å². The van der Waals surface area contributed by atoms with Crippen molar-refractivity contribution < 1.29 is 4.42 Å². The first-order valence-electron chi connectivity index (χ1n) is 5.89. The first-order valence-corrected chi connectivity index (χ1v) is 5.89. The van der Waals surface area contributed by atoms with Crippen LogP contribution in [0.15, 0.2) is 28.9 Å². The number of hydrogen-bond donors (Lipinski definition) is 0. The highest BCUT2D eigenvalue weighted by Gasteiger charge is 2.17. The lowest BCUT2D eigenvalue weighted by Crippen LogP contribution is -1.98. The van der Waals surface area contributed by atoms with E-state index in [4.69, 9.17) is 4.42 Å². The van der Waals surface area contributed by atoms with Crippen molar-refractivity contribution in [1.82, 2.24) is 0 Å². The molecule has 1 aliphatic rings. The van der Waals surface area contributed by atoms with Crippen LogP contribution in [0.3, 0.4) is 0 Å². The summed E-state index contributed by atoms with van der Waals surface area (Å²) in [7, 11) is 0. The number of aryl methyl sites for hydroxylation is 2. The largest absolute Gasteiger partial charge is 0.469 e. The molecule has 1 nitrogen and oxygen atoms in total. The minimum absolute atomic E-state index is 0.957. The van der Waals surface area contributed by atoms with E-state index in [2.05, 4.69) is 32.0 Å². The zero-order valence-electron chi connectivity index (χ0n) is 9.84. The second-order valence-electron chi connectivity index (χ2n) is 4.69. The monoisotopic (exact) mass is 212 g/mol. The fraction of sp³-hybridized carbons (Fsp3) is 0.333. The second-order valence-corrected chi connectivity index (χ2v) is 4.69. The van der Waals surface area contributed by atoms with Crippen LogP contribution in [0.2, 0.25) is 0 Å². The molecule has 2 aromatic rings. The van der Waals surface area contributed by atoms with Crippen molar-refractivity contribution >= 4 is 0 Å². The van der Waals surface area contributed by atoms with Gasteiger partial charge in [0.1, 0.15) is 5.76 Å². The number of fused-ring (bicyclic) bond motifs is 2. The summed E-state index contributed by atoms with van der Waals surface area (Å²) >= 11 is 0. The quantitative estimate of drug-likeness (QED) is 0.650. The van der Waals surface area contributed by atoms with E-state index in [0.29, 0.717) is 0 Å². The van der Waals surface area contributed by atoms with Gasteiger partial charge >= 0.3 is 0 Å². The second kappa shape index (κ2) is 3.51. The van der Waals surface area contributed by atoms with Gasteiger partial charge in [-0.2, -0.15) is 0 Å². The Kier molecular flexibility index (Phi) is 2.13. The highest BCUT2D eigenvalue weighted by molar-refractivity contribution is 5.44. The molecule has 0 aliphatic heterocycles. The molecule has 1 heteroatoms. The maximum absolute atomic E-state index is 5.56. The van der Waals surface area contributed by atoms with Crippen LogP contribution in [0.5, 0.6) is 0 Å². The van der Waals surface area contributed by atoms with Gasteiger partial charge in [-0.05, 0) is 60.6 Å². The van der Waals surface area contributed by atoms with Gasteiger partial charge in [0.15, 0.2) is 0 Å². The summed E-state index contributed by atoms with van der Waals surface area (Å²) < 4.78 is 5.56. The Morgan fingerprint density at radius 3 is 2.75 bits per heavy atom. The average molecular weight is 212 g/mol. The molecule has 82 valence electrons. The molecule has 0 radical (unpaired) electrons. The van der Waals surface area contributed by atoms with Crippen LogP contribution in [0, 0.1) is 13.8 Å². The van der Waals surface area contributed by atoms with Crippen molar-refractivity contribution in [3.05, 3.63) is 58.0 Å². The third kappa shape index (κ3) is 1.39. The molecule has 0 saturated heterocycles. The zero-order valence-corrected chi connectivity index (χ0v) is 9.84. The Labute approximate surface area is 96.1 Å². The third-order valence-electron chi connectivity index (χ3n) is 3.80. The lowest BCUT2D eigenvalue weighted by Gasteiger charge is -2.11. The molecule has 0 saturated carbocycles. The minimum Gasteiger partial charge on any atom is -0.469 e. The van der Waals surface area contributed by atoms with Crippen molar-refractivity contribution in [2.45, 2.75) is 33.1 Å². The first-order chi connectivity index (χ1) is 7.75. The molecule has 0 spiro atoms. The van der Waals surface area contributed by atoms with Crippen LogP contribution >= 0.6 is 0 Å². The fourth-order valence-electron chi connectivity index (χ4n) is 2.62. The molecule has 0 bridgehead atoms. The van der Waals surface area contributed by atoms with Gasteiger partial charge in [-0.25, -0.2) is 0 Å². The number of hydrogen-bond acceptors (Lipinski definition) is 1. The standard InChI is InChI=1S/C15H16O/c1-10-3-4-13-9-15-12(7-8-16-15)5-6-14(13)11(10)2/h3-4,7-8H,5-6,9H2,1-2H3. The van der Waals surface area contributed by atoms with Gasteiger partial charge < -0.3 is 4.42 Å². The van der Waals surface area contributed by atoms with Gasteiger partial charge in [0.25, 0.3) is 0 Å². The van der Waals surface area contributed by atoms with Crippen LogP contribution in [0.25, 0.3) is 0 Å². The van der Waals surface area contributed by atoms with E-state index in [0.717, 1.165) is 25.0 Å². The lowest BCUT2D eigenvalue weighted by atomic mass is 9.94. The van der Waals surface area contributed by atoms with Crippen LogP contribution in [0.4, 0.5) is 0 Å². The molecule has 3 rings (SSSR count). The summed E-state index contributed by atoms with van der Waals surface area (Å²) in [5, 5.41) is 0. The van der Waals surface area contributed by atoms with E-state index in [-0.39, 0.29) is 0 Å². The highest BCUT2D eigenvalue weighted by atomic mass is 16.3. The van der Waals surface area contributed by atoms with Crippen LogP contribution in [-0.2, 0) is 19.3 Å². The summed E-state index contributed by atoms with van der Waals surface area (Å²) in [5.74, 6) is 1.15. The van der Waals surface area contributed by atoms with E-state index >= 15 is 0 Å². The van der Waals surface area contributed by atoms with Crippen molar-refractivity contribution in [3.8, 4) is 0 Å². The van der Waals surface area contributed by atoms with Crippen LogP contribution in [0.1, 0.15) is 33.6 Å². The Hall–Kier alpha value is -1.50. The average Bonchev–Trinajstić information content (AvgIpc) is 2.63. The van der Waals surface area contributed by atoms with Crippen LogP contribution in [-0.4, -0.2) is 0 Å². The van der Waals surface area contributed by atoms with Crippen molar-refractivity contribution in [3.63, 3.8) is 0 Å². The Balaban J connectivity index is 2.13. The topological polar surface area (TPSA) is 13.1 Å². The zero-order chi connectivity index (χ0) is 11.1. The fourth-order valence-corrected chi connectivity index (χ4v) is 2.62. The molecular weight excluding hydrogens is 196 g/mol.